The average Bonchev–Trinajstić information content (AvgIpc) is 2.83. The number of aryl methyl sites for hydroxylation is 1. The van der Waals surface area contributed by atoms with E-state index < -0.39 is 10.8 Å². The minimum atomic E-state index is -0.571. The smallest absolute Gasteiger partial charge is 0.282 e. The third kappa shape index (κ3) is 2.80. The molecule has 0 bridgehead atoms. The summed E-state index contributed by atoms with van der Waals surface area (Å²) in [5, 5.41) is 20.0. The zero-order valence-electron chi connectivity index (χ0n) is 10.8. The molecule has 8 heteroatoms. The molecule has 0 aliphatic heterocycles. The Morgan fingerprint density at radius 2 is 2.25 bits per heavy atom. The van der Waals surface area contributed by atoms with Crippen LogP contribution >= 0.6 is 11.8 Å². The van der Waals surface area contributed by atoms with Crippen molar-refractivity contribution >= 4 is 29.2 Å². The van der Waals surface area contributed by atoms with E-state index in [0.717, 1.165) is 10.5 Å². The van der Waals surface area contributed by atoms with Gasteiger partial charge in [0, 0.05) is 16.5 Å². The van der Waals surface area contributed by atoms with Gasteiger partial charge in [0.2, 0.25) is 0 Å². The lowest BCUT2D eigenvalue weighted by Gasteiger charge is -2.06. The van der Waals surface area contributed by atoms with Crippen molar-refractivity contribution in [3.05, 3.63) is 45.6 Å². The van der Waals surface area contributed by atoms with Gasteiger partial charge in [-0.3, -0.25) is 20.0 Å². The Bertz CT molecular complexity index is 668. The van der Waals surface area contributed by atoms with Gasteiger partial charge in [0.15, 0.2) is 0 Å². The van der Waals surface area contributed by atoms with E-state index in [1.165, 1.54) is 23.9 Å². The van der Waals surface area contributed by atoms with Gasteiger partial charge in [-0.05, 0) is 25.3 Å². The van der Waals surface area contributed by atoms with E-state index in [4.69, 9.17) is 0 Å². The minimum absolute atomic E-state index is 0.0239. The molecule has 0 fully saturated rings. The molecule has 2 aromatic rings. The van der Waals surface area contributed by atoms with Crippen molar-refractivity contribution in [2.45, 2.75) is 11.8 Å². The first-order valence-corrected chi connectivity index (χ1v) is 6.89. The molecule has 0 atom stereocenters. The van der Waals surface area contributed by atoms with Gasteiger partial charge in [0.25, 0.3) is 11.6 Å². The van der Waals surface area contributed by atoms with Crippen LogP contribution < -0.4 is 5.32 Å². The number of amides is 1. The van der Waals surface area contributed by atoms with Gasteiger partial charge >= 0.3 is 0 Å². The fourth-order valence-corrected chi connectivity index (χ4v) is 2.08. The number of rotatable bonds is 4. The van der Waals surface area contributed by atoms with E-state index in [-0.39, 0.29) is 11.3 Å². The van der Waals surface area contributed by atoms with Crippen LogP contribution in [0.2, 0.25) is 0 Å². The van der Waals surface area contributed by atoms with Gasteiger partial charge in [-0.15, -0.1) is 11.8 Å². The van der Waals surface area contributed by atoms with Crippen LogP contribution in [0.15, 0.2) is 29.3 Å². The molecule has 0 aliphatic carbocycles. The van der Waals surface area contributed by atoms with Crippen LogP contribution in [0.4, 0.5) is 11.5 Å². The van der Waals surface area contributed by atoms with Crippen molar-refractivity contribution in [1.82, 2.24) is 10.2 Å². The lowest BCUT2D eigenvalue weighted by molar-refractivity contribution is -0.385. The van der Waals surface area contributed by atoms with Crippen LogP contribution in [0.25, 0.3) is 0 Å². The van der Waals surface area contributed by atoms with Crippen molar-refractivity contribution in [3.8, 4) is 0 Å². The molecule has 1 aromatic carbocycles. The zero-order chi connectivity index (χ0) is 14.7. The number of nitro benzene ring substituents is 1. The van der Waals surface area contributed by atoms with Crippen LogP contribution in [0.5, 0.6) is 0 Å². The number of aromatic amines is 1. The van der Waals surface area contributed by atoms with Crippen molar-refractivity contribution in [2.75, 3.05) is 11.6 Å². The topological polar surface area (TPSA) is 101 Å². The maximum atomic E-state index is 12.2. The normalized spacial score (nSPS) is 10.3. The van der Waals surface area contributed by atoms with Gasteiger partial charge in [0.05, 0.1) is 11.1 Å². The molecule has 20 heavy (non-hydrogen) atoms. The number of carbonyl (C=O) groups excluding carboxylic acids is 1. The molecular formula is C12H12N4O3S. The summed E-state index contributed by atoms with van der Waals surface area (Å²) < 4.78 is 0. The Labute approximate surface area is 118 Å². The molecule has 1 aromatic heterocycles. The van der Waals surface area contributed by atoms with E-state index >= 15 is 0 Å². The summed E-state index contributed by atoms with van der Waals surface area (Å²) in [6.45, 7) is 1.77. The van der Waals surface area contributed by atoms with E-state index in [0.29, 0.717) is 5.82 Å². The highest BCUT2D eigenvalue weighted by Crippen LogP contribution is 2.25. The molecule has 104 valence electrons. The van der Waals surface area contributed by atoms with Crippen molar-refractivity contribution in [2.24, 2.45) is 0 Å². The van der Waals surface area contributed by atoms with Crippen LogP contribution in [0.3, 0.4) is 0 Å². The first kappa shape index (κ1) is 14.1. The minimum Gasteiger partial charge on any atom is -0.307 e. The van der Waals surface area contributed by atoms with Gasteiger partial charge in [-0.25, -0.2) is 0 Å². The third-order valence-corrected chi connectivity index (χ3v) is 3.44. The lowest BCUT2D eigenvalue weighted by Crippen LogP contribution is -2.15. The van der Waals surface area contributed by atoms with Gasteiger partial charge in [-0.2, -0.15) is 5.10 Å². The molecule has 1 amide bonds. The van der Waals surface area contributed by atoms with E-state index in [1.807, 2.05) is 6.26 Å². The molecular weight excluding hydrogens is 280 g/mol. The zero-order valence-corrected chi connectivity index (χ0v) is 11.7. The highest BCUT2D eigenvalue weighted by molar-refractivity contribution is 7.98. The molecule has 7 nitrogen and oxygen atoms in total. The van der Waals surface area contributed by atoms with Crippen LogP contribution in [-0.4, -0.2) is 27.3 Å². The number of thioether (sulfide) groups is 1. The van der Waals surface area contributed by atoms with Crippen molar-refractivity contribution < 1.29 is 9.72 Å². The second-order valence-corrected chi connectivity index (χ2v) is 4.90. The van der Waals surface area contributed by atoms with Gasteiger partial charge in [-0.1, -0.05) is 0 Å². The number of H-pyrrole nitrogens is 1. The van der Waals surface area contributed by atoms with Crippen LogP contribution in [0, 0.1) is 17.0 Å². The molecule has 2 N–H and O–H groups in total. The number of benzene rings is 1. The number of nitro groups is 1. The van der Waals surface area contributed by atoms with Crippen LogP contribution in [-0.2, 0) is 0 Å². The SMILES string of the molecule is CSc1ccc([N+](=O)[O-])c(C(=O)Nc2[nH]ncc2C)c1. The monoisotopic (exact) mass is 292 g/mol. The number of carbonyl (C=O) groups is 1. The van der Waals surface area contributed by atoms with Crippen LogP contribution in [0.1, 0.15) is 15.9 Å². The molecule has 0 spiro atoms. The fourth-order valence-electron chi connectivity index (χ4n) is 1.64. The average molecular weight is 292 g/mol. The quantitative estimate of drug-likeness (QED) is 0.512. The maximum Gasteiger partial charge on any atom is 0.282 e. The Balaban J connectivity index is 2.37. The summed E-state index contributed by atoms with van der Waals surface area (Å²) in [6.07, 6.45) is 3.39. The lowest BCUT2D eigenvalue weighted by atomic mass is 10.1. The molecule has 0 unspecified atom stereocenters. The Morgan fingerprint density at radius 3 is 2.80 bits per heavy atom. The Morgan fingerprint density at radius 1 is 1.50 bits per heavy atom. The highest BCUT2D eigenvalue weighted by atomic mass is 32.2. The summed E-state index contributed by atoms with van der Waals surface area (Å²) in [7, 11) is 0. The maximum absolute atomic E-state index is 12.2. The molecule has 0 saturated carbocycles. The summed E-state index contributed by atoms with van der Waals surface area (Å²) in [6, 6.07) is 4.45. The predicted octanol–water partition coefficient (Wildman–Crippen LogP) is 2.60. The molecule has 0 aliphatic rings. The van der Waals surface area contributed by atoms with Crippen molar-refractivity contribution in [3.63, 3.8) is 0 Å². The number of nitrogens with zero attached hydrogens (tertiary/aromatic N) is 2. The Kier molecular flexibility index (Phi) is 4.04. The summed E-state index contributed by atoms with van der Waals surface area (Å²) >= 11 is 1.41. The molecule has 2 rings (SSSR count). The largest absolute Gasteiger partial charge is 0.307 e. The highest BCUT2D eigenvalue weighted by Gasteiger charge is 2.21. The number of hydrogen-bond acceptors (Lipinski definition) is 5. The molecule has 1 heterocycles. The van der Waals surface area contributed by atoms with Gasteiger partial charge < -0.3 is 5.32 Å². The molecule has 0 saturated heterocycles. The summed E-state index contributed by atoms with van der Waals surface area (Å²) in [5.41, 5.74) is 0.551. The summed E-state index contributed by atoms with van der Waals surface area (Å²) in [4.78, 5) is 23.4. The van der Waals surface area contributed by atoms with E-state index in [2.05, 4.69) is 15.5 Å². The van der Waals surface area contributed by atoms with E-state index in [1.54, 1.807) is 19.2 Å². The first-order chi connectivity index (χ1) is 9.52. The van der Waals surface area contributed by atoms with Crippen molar-refractivity contribution in [1.29, 1.82) is 0 Å². The third-order valence-electron chi connectivity index (χ3n) is 2.71. The van der Waals surface area contributed by atoms with E-state index in [9.17, 15) is 14.9 Å². The molecule has 0 radical (unpaired) electrons. The first-order valence-electron chi connectivity index (χ1n) is 5.66. The fraction of sp³-hybridized carbons (Fsp3) is 0.167. The number of nitrogens with one attached hydrogen (secondary N) is 2. The number of aromatic nitrogens is 2. The second-order valence-electron chi connectivity index (χ2n) is 4.02. The Hall–Kier alpha value is -2.35. The van der Waals surface area contributed by atoms with Gasteiger partial charge in [0.1, 0.15) is 11.4 Å². The summed E-state index contributed by atoms with van der Waals surface area (Å²) in [5.74, 6) is -0.112. The number of hydrogen-bond donors (Lipinski definition) is 2. The second kappa shape index (κ2) is 5.74. The standard InChI is InChI=1S/C12H12N4O3S/c1-7-6-13-15-11(7)14-12(17)9-5-8(20-2)3-4-10(9)16(18)19/h3-6H,1-2H3,(H2,13,14,15,17). The number of anilines is 1. The predicted molar refractivity (Wildman–Crippen MR) is 76.2 cm³/mol.